The summed E-state index contributed by atoms with van der Waals surface area (Å²) in [6, 6.07) is 4.90. The molecule has 1 aliphatic rings. The van der Waals surface area contributed by atoms with Crippen LogP contribution >= 0.6 is 12.4 Å². The molecule has 2 N–H and O–H groups in total. The molecule has 0 aliphatic carbocycles. The summed E-state index contributed by atoms with van der Waals surface area (Å²) in [4.78, 5) is 12.3. The first-order valence-electron chi connectivity index (χ1n) is 9.07. The van der Waals surface area contributed by atoms with Gasteiger partial charge in [0.25, 0.3) is 0 Å². The van der Waals surface area contributed by atoms with Gasteiger partial charge in [0.2, 0.25) is 5.91 Å². The standard InChI is InChI=1S/C19H27F3N2O.ClH/c1-2-4-17(15-5-3-6-16(13-15)19(20,21)22)24-18(25)8-7-14-9-11-23-12-10-14;/h3,5-6,13-14,17,23H,2,4,7-12H2,1H3,(H,24,25);1H. The summed E-state index contributed by atoms with van der Waals surface area (Å²) >= 11 is 0. The van der Waals surface area contributed by atoms with Gasteiger partial charge < -0.3 is 10.6 Å². The number of benzene rings is 1. The van der Waals surface area contributed by atoms with E-state index in [0.29, 0.717) is 24.3 Å². The van der Waals surface area contributed by atoms with E-state index >= 15 is 0 Å². The van der Waals surface area contributed by atoms with Gasteiger partial charge in [0.15, 0.2) is 0 Å². The largest absolute Gasteiger partial charge is 0.416 e. The molecule has 0 saturated carbocycles. The Kier molecular flexibility index (Phi) is 9.44. The maximum atomic E-state index is 12.9. The highest BCUT2D eigenvalue weighted by Gasteiger charge is 2.31. The van der Waals surface area contributed by atoms with Gasteiger partial charge in [-0.15, -0.1) is 12.4 Å². The van der Waals surface area contributed by atoms with Gasteiger partial charge in [-0.25, -0.2) is 0 Å². The summed E-state index contributed by atoms with van der Waals surface area (Å²) in [5, 5.41) is 6.23. The number of hydrogen-bond acceptors (Lipinski definition) is 2. The summed E-state index contributed by atoms with van der Waals surface area (Å²) in [5.41, 5.74) is -0.151. The summed E-state index contributed by atoms with van der Waals surface area (Å²) in [6.07, 6.45) is 0.485. The second kappa shape index (κ2) is 10.8. The Morgan fingerprint density at radius 2 is 2.00 bits per heavy atom. The Bertz CT molecular complexity index is 560. The summed E-state index contributed by atoms with van der Waals surface area (Å²) in [6.45, 7) is 3.95. The number of carbonyl (C=O) groups is 1. The molecule has 1 aliphatic heterocycles. The van der Waals surface area contributed by atoms with Crippen LogP contribution in [-0.2, 0) is 11.0 Å². The van der Waals surface area contributed by atoms with E-state index in [1.54, 1.807) is 6.07 Å². The zero-order valence-corrected chi connectivity index (χ0v) is 15.9. The van der Waals surface area contributed by atoms with E-state index in [2.05, 4.69) is 10.6 Å². The lowest BCUT2D eigenvalue weighted by atomic mass is 9.93. The quantitative estimate of drug-likeness (QED) is 0.695. The Morgan fingerprint density at radius 3 is 2.62 bits per heavy atom. The predicted octanol–water partition coefficient (Wildman–Crippen LogP) is 4.86. The molecule has 1 unspecified atom stereocenters. The van der Waals surface area contributed by atoms with Crippen molar-refractivity contribution in [2.45, 2.75) is 57.7 Å². The van der Waals surface area contributed by atoms with Crippen LogP contribution in [0.5, 0.6) is 0 Å². The highest BCUT2D eigenvalue weighted by atomic mass is 35.5. The molecule has 1 atom stereocenters. The highest BCUT2D eigenvalue weighted by Crippen LogP contribution is 2.31. The minimum atomic E-state index is -4.37. The number of alkyl halides is 3. The molecular weight excluding hydrogens is 365 g/mol. The lowest BCUT2D eigenvalue weighted by Gasteiger charge is -2.23. The van der Waals surface area contributed by atoms with Gasteiger partial charge in [-0.05, 0) is 62.4 Å². The fourth-order valence-electron chi connectivity index (χ4n) is 3.31. The SMILES string of the molecule is CCCC(NC(=O)CCC1CCNCC1)c1cccc(C(F)(F)F)c1.Cl. The van der Waals surface area contributed by atoms with Crippen LogP contribution in [0.25, 0.3) is 0 Å². The van der Waals surface area contributed by atoms with Crippen molar-refractivity contribution in [3.05, 3.63) is 35.4 Å². The van der Waals surface area contributed by atoms with Crippen molar-refractivity contribution < 1.29 is 18.0 Å². The second-order valence-corrected chi connectivity index (χ2v) is 6.76. The third-order valence-corrected chi connectivity index (χ3v) is 4.77. The predicted molar refractivity (Wildman–Crippen MR) is 99.3 cm³/mol. The third kappa shape index (κ3) is 7.16. The highest BCUT2D eigenvalue weighted by molar-refractivity contribution is 5.85. The van der Waals surface area contributed by atoms with Crippen LogP contribution in [0.1, 0.15) is 62.6 Å². The van der Waals surface area contributed by atoms with Crippen LogP contribution in [0.15, 0.2) is 24.3 Å². The van der Waals surface area contributed by atoms with Crippen molar-refractivity contribution in [1.29, 1.82) is 0 Å². The van der Waals surface area contributed by atoms with E-state index in [1.807, 2.05) is 6.92 Å². The van der Waals surface area contributed by atoms with Crippen molar-refractivity contribution in [2.75, 3.05) is 13.1 Å². The van der Waals surface area contributed by atoms with E-state index in [0.717, 1.165) is 50.9 Å². The van der Waals surface area contributed by atoms with Gasteiger partial charge in [0.1, 0.15) is 0 Å². The van der Waals surface area contributed by atoms with E-state index in [4.69, 9.17) is 0 Å². The Labute approximate surface area is 159 Å². The number of carbonyl (C=O) groups excluding carboxylic acids is 1. The van der Waals surface area contributed by atoms with E-state index in [9.17, 15) is 18.0 Å². The molecule has 26 heavy (non-hydrogen) atoms. The average molecular weight is 393 g/mol. The molecule has 0 radical (unpaired) electrons. The third-order valence-electron chi connectivity index (χ3n) is 4.77. The number of nitrogens with one attached hydrogen (secondary N) is 2. The van der Waals surface area contributed by atoms with Gasteiger partial charge in [0.05, 0.1) is 11.6 Å². The average Bonchev–Trinajstić information content (AvgIpc) is 2.60. The number of piperidine rings is 1. The van der Waals surface area contributed by atoms with Crippen LogP contribution in [0, 0.1) is 5.92 Å². The zero-order valence-electron chi connectivity index (χ0n) is 15.1. The van der Waals surface area contributed by atoms with Gasteiger partial charge in [-0.2, -0.15) is 13.2 Å². The molecule has 2 rings (SSSR count). The van der Waals surface area contributed by atoms with Crippen LogP contribution < -0.4 is 10.6 Å². The minimum Gasteiger partial charge on any atom is -0.349 e. The maximum Gasteiger partial charge on any atom is 0.416 e. The number of halogens is 4. The lowest BCUT2D eigenvalue weighted by molar-refractivity contribution is -0.137. The van der Waals surface area contributed by atoms with Gasteiger partial charge in [-0.1, -0.05) is 25.5 Å². The summed E-state index contributed by atoms with van der Waals surface area (Å²) in [7, 11) is 0. The number of rotatable bonds is 7. The van der Waals surface area contributed by atoms with E-state index in [1.165, 1.54) is 6.07 Å². The first-order valence-corrected chi connectivity index (χ1v) is 9.07. The molecule has 1 aromatic rings. The molecule has 1 fully saturated rings. The zero-order chi connectivity index (χ0) is 18.3. The Hall–Kier alpha value is -1.27. The summed E-state index contributed by atoms with van der Waals surface area (Å²) in [5.74, 6) is 0.486. The number of amides is 1. The van der Waals surface area contributed by atoms with Crippen molar-refractivity contribution in [1.82, 2.24) is 10.6 Å². The van der Waals surface area contributed by atoms with Crippen molar-refractivity contribution in [3.8, 4) is 0 Å². The van der Waals surface area contributed by atoms with Crippen LogP contribution in [-0.4, -0.2) is 19.0 Å². The van der Waals surface area contributed by atoms with Gasteiger partial charge in [-0.3, -0.25) is 4.79 Å². The first-order chi connectivity index (χ1) is 11.9. The molecule has 0 spiro atoms. The van der Waals surface area contributed by atoms with E-state index < -0.39 is 11.7 Å². The fourth-order valence-corrected chi connectivity index (χ4v) is 3.31. The fraction of sp³-hybridized carbons (Fsp3) is 0.632. The van der Waals surface area contributed by atoms with Gasteiger partial charge in [0, 0.05) is 6.42 Å². The molecule has 0 aromatic heterocycles. The molecule has 1 heterocycles. The molecular formula is C19H28ClF3N2O. The molecule has 148 valence electrons. The van der Waals surface area contributed by atoms with Gasteiger partial charge >= 0.3 is 6.18 Å². The molecule has 1 aromatic carbocycles. The first kappa shape index (κ1) is 22.8. The van der Waals surface area contributed by atoms with Crippen molar-refractivity contribution in [2.24, 2.45) is 5.92 Å². The van der Waals surface area contributed by atoms with E-state index in [-0.39, 0.29) is 24.4 Å². The van der Waals surface area contributed by atoms with Crippen molar-refractivity contribution >= 4 is 18.3 Å². The molecule has 1 amide bonds. The second-order valence-electron chi connectivity index (χ2n) is 6.76. The smallest absolute Gasteiger partial charge is 0.349 e. The van der Waals surface area contributed by atoms with Crippen molar-refractivity contribution in [3.63, 3.8) is 0 Å². The van der Waals surface area contributed by atoms with Crippen LogP contribution in [0.2, 0.25) is 0 Å². The molecule has 3 nitrogen and oxygen atoms in total. The van der Waals surface area contributed by atoms with Crippen LogP contribution in [0.3, 0.4) is 0 Å². The number of hydrogen-bond donors (Lipinski definition) is 2. The topological polar surface area (TPSA) is 41.1 Å². The Morgan fingerprint density at radius 1 is 1.31 bits per heavy atom. The minimum absolute atomic E-state index is 0. The van der Waals surface area contributed by atoms with Crippen LogP contribution in [0.4, 0.5) is 13.2 Å². The monoisotopic (exact) mass is 392 g/mol. The Balaban J connectivity index is 0.00000338. The maximum absolute atomic E-state index is 12.9. The lowest BCUT2D eigenvalue weighted by Crippen LogP contribution is -2.31. The summed E-state index contributed by atoms with van der Waals surface area (Å²) < 4.78 is 38.7. The normalized spacial score (nSPS) is 16.6. The molecule has 1 saturated heterocycles. The molecule has 0 bridgehead atoms. The molecule has 7 heteroatoms.